The maximum absolute atomic E-state index is 13.1. The summed E-state index contributed by atoms with van der Waals surface area (Å²) in [6, 6.07) is 0. The third kappa shape index (κ3) is 2.87. The zero-order chi connectivity index (χ0) is 22.9. The number of fused-ring (bicyclic) bond motifs is 5. The van der Waals surface area contributed by atoms with Crippen molar-refractivity contribution in [3.8, 4) is 0 Å². The third-order valence-corrected chi connectivity index (χ3v) is 9.84. The van der Waals surface area contributed by atoms with E-state index < -0.39 is 17.1 Å². The number of aliphatic hydroxyl groups is 1. The lowest BCUT2D eigenvalue weighted by atomic mass is 9.44. The summed E-state index contributed by atoms with van der Waals surface area (Å²) in [4.78, 5) is 37.8. The monoisotopic (exact) mass is 430 g/mol. The fraction of sp³-hybridized carbons (Fsp3) is 0.808. The van der Waals surface area contributed by atoms with E-state index >= 15 is 0 Å². The van der Waals surface area contributed by atoms with Crippen LogP contribution in [-0.4, -0.2) is 34.3 Å². The number of ketones is 2. The Morgan fingerprint density at radius 1 is 1.23 bits per heavy atom. The second kappa shape index (κ2) is 7.26. The van der Waals surface area contributed by atoms with Crippen molar-refractivity contribution in [3.05, 3.63) is 11.6 Å². The van der Waals surface area contributed by atoms with Gasteiger partial charge in [0.05, 0.1) is 6.10 Å². The van der Waals surface area contributed by atoms with Crippen molar-refractivity contribution in [1.29, 1.82) is 0 Å². The van der Waals surface area contributed by atoms with E-state index in [2.05, 4.69) is 20.8 Å². The van der Waals surface area contributed by atoms with Crippen LogP contribution in [-0.2, 0) is 19.1 Å². The standard InChI is InChI=1S/C26H38O5/c1-7-22(30)31-26(16(4)27)15(3)11-20-18-10-14(2)19-12-17(28)8-9-24(19,5)23(18)21(29)13-25(20,26)6/h12,14-15,18,20-21,23,29H,7-11,13H2,1-6H3/t14-,15-,18-,20-,21-,23+,24-,25-,26-/m0/s1. The first-order chi connectivity index (χ1) is 14.4. The molecule has 0 unspecified atom stereocenters. The lowest BCUT2D eigenvalue weighted by Gasteiger charge is -2.62. The highest BCUT2D eigenvalue weighted by Crippen LogP contribution is 2.70. The summed E-state index contributed by atoms with van der Waals surface area (Å²) < 4.78 is 6.04. The summed E-state index contributed by atoms with van der Waals surface area (Å²) in [5.41, 5.74) is -0.763. The highest BCUT2D eigenvalue weighted by molar-refractivity contribution is 5.92. The van der Waals surface area contributed by atoms with E-state index in [-0.39, 0.29) is 59.0 Å². The number of hydrogen-bond donors (Lipinski definition) is 1. The van der Waals surface area contributed by atoms with Crippen molar-refractivity contribution < 1.29 is 24.2 Å². The molecule has 0 amide bonds. The van der Waals surface area contributed by atoms with Crippen molar-refractivity contribution in [2.75, 3.05) is 0 Å². The Bertz CT molecular complexity index is 845. The van der Waals surface area contributed by atoms with Gasteiger partial charge in [-0.1, -0.05) is 40.2 Å². The summed E-state index contributed by atoms with van der Waals surface area (Å²) in [7, 11) is 0. The molecule has 31 heavy (non-hydrogen) atoms. The van der Waals surface area contributed by atoms with Gasteiger partial charge in [0.15, 0.2) is 17.2 Å². The van der Waals surface area contributed by atoms with Gasteiger partial charge in [-0.25, -0.2) is 0 Å². The number of Topliss-reactive ketones (excluding diaryl/α,β-unsaturated/α-hetero) is 1. The predicted octanol–water partition coefficient (Wildman–Crippen LogP) is 4.26. The molecule has 5 nitrogen and oxygen atoms in total. The topological polar surface area (TPSA) is 80.7 Å². The summed E-state index contributed by atoms with van der Waals surface area (Å²) in [6.45, 7) is 11.8. The maximum atomic E-state index is 13.1. The lowest BCUT2D eigenvalue weighted by molar-refractivity contribution is -0.206. The molecule has 0 spiro atoms. The molecule has 4 rings (SSSR count). The Kier molecular flexibility index (Phi) is 5.32. The summed E-state index contributed by atoms with van der Waals surface area (Å²) in [6.07, 6.45) is 4.98. The Balaban J connectivity index is 1.81. The maximum Gasteiger partial charge on any atom is 0.306 e. The Morgan fingerprint density at radius 2 is 1.90 bits per heavy atom. The van der Waals surface area contributed by atoms with E-state index in [0.717, 1.165) is 19.3 Å². The Labute approximate surface area is 186 Å². The summed E-state index contributed by atoms with van der Waals surface area (Å²) in [5.74, 6) is 0.436. The molecule has 0 aliphatic heterocycles. The van der Waals surface area contributed by atoms with Crippen LogP contribution in [0.5, 0.6) is 0 Å². The predicted molar refractivity (Wildman–Crippen MR) is 117 cm³/mol. The summed E-state index contributed by atoms with van der Waals surface area (Å²) >= 11 is 0. The van der Waals surface area contributed by atoms with Crippen LogP contribution >= 0.6 is 0 Å². The molecule has 0 aromatic rings. The fourth-order valence-corrected chi connectivity index (χ4v) is 8.73. The Morgan fingerprint density at radius 3 is 2.52 bits per heavy atom. The van der Waals surface area contributed by atoms with Crippen LogP contribution in [0.25, 0.3) is 0 Å². The molecule has 3 saturated carbocycles. The number of carbonyl (C=O) groups excluding carboxylic acids is 3. The average molecular weight is 431 g/mol. The molecule has 4 aliphatic rings. The number of rotatable bonds is 3. The number of carbonyl (C=O) groups is 3. The minimum absolute atomic E-state index is 0.0676. The second-order valence-electron chi connectivity index (χ2n) is 11.4. The molecule has 5 heteroatoms. The zero-order valence-electron chi connectivity index (χ0n) is 19.9. The van der Waals surface area contributed by atoms with Gasteiger partial charge in [-0.2, -0.15) is 0 Å². The van der Waals surface area contributed by atoms with Gasteiger partial charge in [0.2, 0.25) is 0 Å². The molecule has 3 fully saturated rings. The van der Waals surface area contributed by atoms with E-state index in [9.17, 15) is 19.5 Å². The number of allylic oxidation sites excluding steroid dienone is 1. The van der Waals surface area contributed by atoms with Crippen LogP contribution in [0.15, 0.2) is 11.6 Å². The fourth-order valence-electron chi connectivity index (χ4n) is 8.73. The summed E-state index contributed by atoms with van der Waals surface area (Å²) in [5, 5.41) is 11.6. The Hall–Kier alpha value is -1.49. The average Bonchev–Trinajstić information content (AvgIpc) is 2.90. The second-order valence-corrected chi connectivity index (χ2v) is 11.4. The molecule has 9 atom stereocenters. The molecular formula is C26H38O5. The van der Waals surface area contributed by atoms with E-state index in [4.69, 9.17) is 4.74 Å². The van der Waals surface area contributed by atoms with E-state index in [1.807, 2.05) is 13.0 Å². The van der Waals surface area contributed by atoms with Crippen LogP contribution in [0.2, 0.25) is 0 Å². The smallest absolute Gasteiger partial charge is 0.306 e. The van der Waals surface area contributed by atoms with Gasteiger partial charge in [-0.05, 0) is 67.8 Å². The van der Waals surface area contributed by atoms with E-state index in [1.165, 1.54) is 5.57 Å². The highest BCUT2D eigenvalue weighted by atomic mass is 16.6. The van der Waals surface area contributed by atoms with Gasteiger partial charge in [-0.15, -0.1) is 0 Å². The van der Waals surface area contributed by atoms with Gasteiger partial charge in [-0.3, -0.25) is 14.4 Å². The van der Waals surface area contributed by atoms with Crippen LogP contribution in [0, 0.1) is 40.4 Å². The highest BCUT2D eigenvalue weighted by Gasteiger charge is 2.72. The van der Waals surface area contributed by atoms with Crippen molar-refractivity contribution in [2.24, 2.45) is 40.4 Å². The van der Waals surface area contributed by atoms with E-state index in [1.54, 1.807) is 13.8 Å². The van der Waals surface area contributed by atoms with Crippen molar-refractivity contribution in [3.63, 3.8) is 0 Å². The minimum Gasteiger partial charge on any atom is -0.450 e. The number of aliphatic hydroxyl groups excluding tert-OH is 1. The SMILES string of the molecule is CCC(=O)O[C@]1(C(C)=O)[C@@H](C)C[C@H]2[C@@H]3C[C@H](C)C4=CC(=O)CC[C@]4(C)[C@H]3[C@@H](O)C[C@@]21C. The molecule has 0 radical (unpaired) electrons. The van der Waals surface area contributed by atoms with Crippen molar-refractivity contribution in [1.82, 2.24) is 0 Å². The van der Waals surface area contributed by atoms with Crippen LogP contribution in [0.3, 0.4) is 0 Å². The van der Waals surface area contributed by atoms with Gasteiger partial charge in [0.1, 0.15) is 0 Å². The molecule has 0 heterocycles. The van der Waals surface area contributed by atoms with E-state index in [0.29, 0.717) is 12.8 Å². The first-order valence-electron chi connectivity index (χ1n) is 12.1. The molecule has 0 saturated heterocycles. The zero-order valence-corrected chi connectivity index (χ0v) is 19.9. The number of esters is 1. The molecule has 172 valence electrons. The van der Waals surface area contributed by atoms with Gasteiger partial charge in [0, 0.05) is 24.2 Å². The normalized spacial score (nSPS) is 48.9. The first kappa shape index (κ1) is 22.7. The molecule has 1 N–H and O–H groups in total. The molecule has 0 aromatic carbocycles. The van der Waals surface area contributed by atoms with Crippen LogP contribution in [0.1, 0.15) is 80.1 Å². The molecule has 4 aliphatic carbocycles. The largest absolute Gasteiger partial charge is 0.450 e. The van der Waals surface area contributed by atoms with Crippen LogP contribution < -0.4 is 0 Å². The van der Waals surface area contributed by atoms with Crippen molar-refractivity contribution in [2.45, 2.75) is 91.8 Å². The quantitative estimate of drug-likeness (QED) is 0.677. The first-order valence-corrected chi connectivity index (χ1v) is 12.1. The number of ether oxygens (including phenoxy) is 1. The molecule has 0 aromatic heterocycles. The van der Waals surface area contributed by atoms with Crippen molar-refractivity contribution >= 4 is 17.5 Å². The van der Waals surface area contributed by atoms with Gasteiger partial charge >= 0.3 is 5.97 Å². The number of hydrogen-bond acceptors (Lipinski definition) is 5. The third-order valence-electron chi connectivity index (χ3n) is 9.84. The van der Waals surface area contributed by atoms with Gasteiger partial charge < -0.3 is 9.84 Å². The van der Waals surface area contributed by atoms with Crippen LogP contribution in [0.4, 0.5) is 0 Å². The lowest BCUT2D eigenvalue weighted by Crippen LogP contribution is -2.64. The minimum atomic E-state index is -1.18. The molecular weight excluding hydrogens is 392 g/mol. The van der Waals surface area contributed by atoms with Gasteiger partial charge in [0.25, 0.3) is 0 Å². The molecule has 0 bridgehead atoms.